The number of fused-ring (bicyclic) bond motifs is 6. The Labute approximate surface area is 776 Å². The van der Waals surface area contributed by atoms with Crippen molar-refractivity contribution in [3.63, 3.8) is 0 Å². The molecule has 122 heavy (non-hydrogen) atoms. The van der Waals surface area contributed by atoms with Gasteiger partial charge in [-0.1, -0.05) is 201 Å². The number of aliphatic hydroxyl groups excluding tert-OH is 3. The second-order valence-electron chi connectivity index (χ2n) is 27.0. The number of carbonyl (C=O) groups is 3. The van der Waals surface area contributed by atoms with Gasteiger partial charge in [-0.05, 0) is 157 Å². The number of carbonyl (C=O) groups excluding carboxylic acids is 3. The van der Waals surface area contributed by atoms with Crippen LogP contribution in [0.25, 0.3) is 133 Å². The zero-order valence-corrected chi connectivity index (χ0v) is 79.4. The molecule has 0 saturated carbocycles. The molecule has 5 heterocycles. The van der Waals surface area contributed by atoms with Crippen LogP contribution >= 0.6 is 0 Å². The van der Waals surface area contributed by atoms with Crippen LogP contribution in [0.4, 0.5) is 13.2 Å². The molecular formula is C103H83F3Ir5N5O6-5. The molecule has 5 aromatic heterocycles. The summed E-state index contributed by atoms with van der Waals surface area (Å²) >= 11 is 0. The smallest absolute Gasteiger partial charge is 0.155 e. The van der Waals surface area contributed by atoms with Crippen LogP contribution in [0.5, 0.6) is 0 Å². The molecule has 17 rings (SSSR count). The maximum atomic E-state index is 13.9. The van der Waals surface area contributed by atoms with E-state index < -0.39 is 11.6 Å². The van der Waals surface area contributed by atoms with Crippen molar-refractivity contribution in [2.75, 3.05) is 0 Å². The maximum Gasteiger partial charge on any atom is 0.155 e. The molecule has 17 aromatic rings. The fourth-order valence-electron chi connectivity index (χ4n) is 12.1. The third-order valence-electron chi connectivity index (χ3n) is 17.3. The second-order valence-corrected chi connectivity index (χ2v) is 27.0. The molecule has 5 radical (unpaired) electrons. The van der Waals surface area contributed by atoms with Crippen molar-refractivity contribution in [3.05, 3.63) is 404 Å². The Hall–Kier alpha value is -11.4. The van der Waals surface area contributed by atoms with Gasteiger partial charge in [-0.25, -0.2) is 13.2 Å². The summed E-state index contributed by atoms with van der Waals surface area (Å²) in [5, 5.41) is 32.5. The van der Waals surface area contributed by atoms with Gasteiger partial charge < -0.3 is 15.3 Å². The summed E-state index contributed by atoms with van der Waals surface area (Å²) in [4.78, 5) is 53.2. The molecule has 0 atom stereocenters. The van der Waals surface area contributed by atoms with E-state index in [9.17, 15) is 27.6 Å². The van der Waals surface area contributed by atoms with Gasteiger partial charge in [0.15, 0.2) is 17.3 Å². The van der Waals surface area contributed by atoms with Gasteiger partial charge in [0.05, 0.1) is 44.9 Å². The minimum absolute atomic E-state index is 0. The molecule has 19 heteroatoms. The van der Waals surface area contributed by atoms with Gasteiger partial charge in [-0.15, -0.1) is 155 Å². The zero-order chi connectivity index (χ0) is 83.2. The fourth-order valence-corrected chi connectivity index (χ4v) is 12.1. The number of ketones is 3. The molecule has 12 aromatic carbocycles. The zero-order valence-electron chi connectivity index (χ0n) is 67.4. The molecule has 627 valence electrons. The summed E-state index contributed by atoms with van der Waals surface area (Å²) in [6.07, 6.45) is 3.50. The molecule has 0 unspecified atom stereocenters. The van der Waals surface area contributed by atoms with Crippen molar-refractivity contribution < 1.29 is 143 Å². The van der Waals surface area contributed by atoms with Crippen LogP contribution in [-0.2, 0) is 115 Å². The van der Waals surface area contributed by atoms with E-state index in [-0.39, 0.29) is 141 Å². The van der Waals surface area contributed by atoms with Crippen LogP contribution in [0, 0.1) is 47.8 Å². The van der Waals surface area contributed by atoms with E-state index in [1.807, 2.05) is 140 Å². The molecule has 0 saturated heterocycles. The molecule has 0 amide bonds. The van der Waals surface area contributed by atoms with Gasteiger partial charge in [-0.2, -0.15) is 0 Å². The first kappa shape index (κ1) is 101. The Balaban J connectivity index is 0.000000254. The number of hydrogen-bond acceptors (Lipinski definition) is 11. The van der Waals surface area contributed by atoms with E-state index >= 15 is 0 Å². The second kappa shape index (κ2) is 51.4. The van der Waals surface area contributed by atoms with Gasteiger partial charge >= 0.3 is 0 Å². The van der Waals surface area contributed by atoms with Crippen LogP contribution in [-0.4, -0.2) is 57.6 Å². The van der Waals surface area contributed by atoms with E-state index in [0.29, 0.717) is 33.8 Å². The number of pyridine rings is 5. The third kappa shape index (κ3) is 30.9. The number of hydrogen-bond donors (Lipinski definition) is 3. The molecule has 0 aliphatic rings. The Bertz CT molecular complexity index is 6190. The number of allylic oxidation sites excluding steroid dienone is 6. The topological polar surface area (TPSA) is 176 Å². The SMILES string of the molecule is CC(=O)C=C(C)O.CC(=O)C=C(C)O.CC(=O)C=C(C)O.CC(C)c1cc2ccccc2nc1-c1[c-]cccc1.Fc1[c-]c(-c2ccc3ccccc3n2)cc(F)c1.Fc1cc(-c2[c-]cccc2)nc2ccccc12.[Ir].[Ir].[Ir].[Ir].[Ir].[c-]1ccc2ccccc2c1-c1ccc2ccccc2n1.[c-]1ccccc1-c1ccc2cc(-c3ccccc3)ccc2n1. The first-order chi connectivity index (χ1) is 56.5. The maximum absolute atomic E-state index is 13.9. The van der Waals surface area contributed by atoms with E-state index in [2.05, 4.69) is 188 Å². The van der Waals surface area contributed by atoms with Crippen molar-refractivity contribution in [1.29, 1.82) is 0 Å². The van der Waals surface area contributed by atoms with Crippen molar-refractivity contribution in [3.8, 4) is 67.4 Å². The summed E-state index contributed by atoms with van der Waals surface area (Å²) in [6, 6.07) is 117. The average molecular weight is 2500 g/mol. The molecule has 0 spiro atoms. The molecule has 0 aliphatic carbocycles. The van der Waals surface area contributed by atoms with Crippen LogP contribution in [0.15, 0.2) is 351 Å². The minimum Gasteiger partial charge on any atom is -0.512 e. The van der Waals surface area contributed by atoms with E-state index in [1.54, 1.807) is 24.3 Å². The van der Waals surface area contributed by atoms with Gasteiger partial charge in [-0.3, -0.25) is 39.3 Å². The Morgan fingerprint density at radius 1 is 0.328 bits per heavy atom. The van der Waals surface area contributed by atoms with Crippen molar-refractivity contribution in [2.45, 2.75) is 61.3 Å². The molecule has 0 fully saturated rings. The first-order valence-corrected chi connectivity index (χ1v) is 37.5. The molecular weight excluding hydrogens is 2420 g/mol. The number of aliphatic hydroxyl groups is 3. The van der Waals surface area contributed by atoms with Gasteiger partial charge in [0.25, 0.3) is 0 Å². The molecule has 3 N–H and O–H groups in total. The number of aromatic nitrogens is 5. The van der Waals surface area contributed by atoms with Crippen LogP contribution in [0.3, 0.4) is 0 Å². The van der Waals surface area contributed by atoms with Crippen LogP contribution < -0.4 is 0 Å². The van der Waals surface area contributed by atoms with Crippen molar-refractivity contribution in [2.24, 2.45) is 0 Å². The van der Waals surface area contributed by atoms with Crippen molar-refractivity contribution in [1.82, 2.24) is 24.9 Å². The summed E-state index contributed by atoms with van der Waals surface area (Å²) in [7, 11) is 0. The van der Waals surface area contributed by atoms with Crippen LogP contribution in [0.1, 0.15) is 66.9 Å². The van der Waals surface area contributed by atoms with Gasteiger partial charge in [0.2, 0.25) is 0 Å². The standard InChI is InChI=1S/C21H14N.C19H12N.C18H16N.C15H8F2N.C15H9FN.3C5H8O2.5Ir/c1-3-7-16(8-4-1)18-11-13-21-19(15-18)12-14-20(22-21)17-9-5-2-6-10-17;1-3-9-16-14(6-1)8-5-10-17(16)19-13-12-15-7-2-4-11-18(15)20-19;1-13(2)16-12-15-10-6-7-11-17(15)19-18(16)14-8-4-3-5-9-14;16-12-7-11(8-13(17)9-12)15-6-5-10-3-1-2-4-14(10)18-15;16-13-10-15(11-6-2-1-3-7-11)17-14-9-5-4-8-12(13)14;3*1-4(6)3-5(2)7;;;;;/h1-9,11-15H;1-9,11-13H;3-8,10-13H,1-2H3;1-7,9H;1-6,8-10H;3*3,6H,1-2H3;;;;;/q5*-1;;;;;;;;. The predicted octanol–water partition coefficient (Wildman–Crippen LogP) is 26.0. The predicted molar refractivity (Wildman–Crippen MR) is 468 cm³/mol. The Morgan fingerprint density at radius 2 is 0.738 bits per heavy atom. The summed E-state index contributed by atoms with van der Waals surface area (Å²) in [5.74, 6) is -1.34. The molecule has 0 bridgehead atoms. The first-order valence-electron chi connectivity index (χ1n) is 37.5. The molecule has 11 nitrogen and oxygen atoms in total. The number of halogens is 3. The summed E-state index contributed by atoms with van der Waals surface area (Å²) in [6.45, 7) is 13.0. The van der Waals surface area contributed by atoms with Gasteiger partial charge in [0.1, 0.15) is 5.82 Å². The van der Waals surface area contributed by atoms with Gasteiger partial charge in [0, 0.05) is 136 Å². The fraction of sp³-hybridized carbons (Fsp3) is 0.0874. The summed E-state index contributed by atoms with van der Waals surface area (Å²) < 4.78 is 40.1. The molecule has 0 aliphatic heterocycles. The minimum atomic E-state index is -0.722. The number of rotatable bonds is 10. The summed E-state index contributed by atoms with van der Waals surface area (Å²) in [5.41, 5.74) is 16.6. The largest absolute Gasteiger partial charge is 0.512 e. The number of para-hydroxylation sites is 4. The number of benzene rings is 12. The third-order valence-corrected chi connectivity index (χ3v) is 17.3. The Kier molecular flexibility index (Phi) is 42.6. The van der Waals surface area contributed by atoms with E-state index in [4.69, 9.17) is 30.3 Å². The monoisotopic (exact) mass is 2510 g/mol. The quantitative estimate of drug-likeness (QED) is 0.0675. The van der Waals surface area contributed by atoms with E-state index in [1.165, 1.54) is 105 Å². The van der Waals surface area contributed by atoms with Crippen molar-refractivity contribution >= 4 is 82.6 Å². The number of nitrogens with zero attached hydrogens (tertiary/aromatic N) is 5. The average Bonchev–Trinajstić information content (AvgIpc) is 0.811. The Morgan fingerprint density at radius 3 is 1.24 bits per heavy atom. The normalized spacial score (nSPS) is 10.5. The van der Waals surface area contributed by atoms with Crippen LogP contribution in [0.2, 0.25) is 0 Å². The van der Waals surface area contributed by atoms with E-state index in [0.717, 1.165) is 83.6 Å².